The molecule has 3 heteroatoms. The van der Waals surface area contributed by atoms with Crippen LogP contribution in [0.3, 0.4) is 0 Å². The lowest BCUT2D eigenvalue weighted by molar-refractivity contribution is -0.123. The third kappa shape index (κ3) is 3.46. The van der Waals surface area contributed by atoms with Crippen molar-refractivity contribution < 1.29 is 4.79 Å². The van der Waals surface area contributed by atoms with Crippen LogP contribution in [0.2, 0.25) is 0 Å². The highest BCUT2D eigenvalue weighted by molar-refractivity contribution is 6.10. The van der Waals surface area contributed by atoms with Crippen LogP contribution in [0.4, 0.5) is 11.4 Å². The van der Waals surface area contributed by atoms with Gasteiger partial charge in [0.2, 0.25) is 0 Å². The molecule has 0 radical (unpaired) electrons. The highest BCUT2D eigenvalue weighted by Gasteiger charge is 2.52. The van der Waals surface area contributed by atoms with Crippen molar-refractivity contribution in [2.75, 3.05) is 17.1 Å². The van der Waals surface area contributed by atoms with Gasteiger partial charge in [-0.1, -0.05) is 97.1 Å². The van der Waals surface area contributed by atoms with Crippen molar-refractivity contribution in [3.63, 3.8) is 0 Å². The Morgan fingerprint density at radius 2 is 1.12 bits per heavy atom. The van der Waals surface area contributed by atoms with E-state index in [1.54, 1.807) is 0 Å². The summed E-state index contributed by atoms with van der Waals surface area (Å²) >= 11 is 0. The van der Waals surface area contributed by atoms with Crippen LogP contribution >= 0.6 is 0 Å². The minimum absolute atomic E-state index is 0.109. The normalized spacial score (nSPS) is 14.3. The fourth-order valence-electron chi connectivity index (χ4n) is 4.84. The highest BCUT2D eigenvalue weighted by atomic mass is 16.2. The molecular weight excluding hydrogens is 392 g/mol. The number of hydrazine groups is 1. The molecule has 158 valence electrons. The van der Waals surface area contributed by atoms with Gasteiger partial charge in [-0.2, -0.15) is 0 Å². The minimum Gasteiger partial charge on any atom is -0.281 e. The van der Waals surface area contributed by atoms with Crippen LogP contribution in [0.25, 0.3) is 0 Å². The smallest absolute Gasteiger partial charge is 0.257 e. The second-order valence-electron chi connectivity index (χ2n) is 8.40. The summed E-state index contributed by atoms with van der Waals surface area (Å²) in [7, 11) is 1.96. The van der Waals surface area contributed by atoms with Gasteiger partial charge < -0.3 is 0 Å². The van der Waals surface area contributed by atoms with Gasteiger partial charge in [0, 0.05) is 7.05 Å². The lowest BCUT2D eigenvalue weighted by Crippen LogP contribution is -2.50. The summed E-state index contributed by atoms with van der Waals surface area (Å²) in [6, 6.07) is 39.0. The largest absolute Gasteiger partial charge is 0.281 e. The van der Waals surface area contributed by atoms with E-state index in [1.807, 2.05) is 95.9 Å². The third-order valence-electron chi connectivity index (χ3n) is 6.38. The van der Waals surface area contributed by atoms with E-state index in [9.17, 15) is 4.79 Å². The topological polar surface area (TPSA) is 23.6 Å². The van der Waals surface area contributed by atoms with Crippen molar-refractivity contribution >= 4 is 17.3 Å². The van der Waals surface area contributed by atoms with Crippen molar-refractivity contribution in [1.82, 2.24) is 0 Å². The molecule has 0 aromatic heterocycles. The molecule has 1 aliphatic rings. The molecule has 0 saturated carbocycles. The molecule has 4 aromatic carbocycles. The number of para-hydroxylation sites is 2. The molecule has 0 spiro atoms. The first-order valence-electron chi connectivity index (χ1n) is 11.0. The number of carbonyl (C=O) groups excluding carboxylic acids is 1. The van der Waals surface area contributed by atoms with E-state index in [-0.39, 0.29) is 5.91 Å². The average Bonchev–Trinajstić information content (AvgIpc) is 3.08. The van der Waals surface area contributed by atoms with Gasteiger partial charge in [0.1, 0.15) is 0 Å². The fourth-order valence-corrected chi connectivity index (χ4v) is 4.84. The van der Waals surface area contributed by atoms with Gasteiger partial charge in [-0.15, -0.1) is 0 Å². The SMILES string of the molecule is CN(c1ccccc1)N1C(=O)C(Cc2ccccc2)(Cc2ccccc2)c2ccccc21. The summed E-state index contributed by atoms with van der Waals surface area (Å²) in [5.41, 5.74) is 4.66. The maximum Gasteiger partial charge on any atom is 0.257 e. The highest BCUT2D eigenvalue weighted by Crippen LogP contribution is 2.47. The predicted molar refractivity (Wildman–Crippen MR) is 131 cm³/mol. The quantitative estimate of drug-likeness (QED) is 0.395. The summed E-state index contributed by atoms with van der Waals surface area (Å²) < 4.78 is 0. The first kappa shape index (κ1) is 20.1. The van der Waals surface area contributed by atoms with Gasteiger partial charge in [0.05, 0.1) is 16.8 Å². The van der Waals surface area contributed by atoms with Crippen molar-refractivity contribution in [3.8, 4) is 0 Å². The van der Waals surface area contributed by atoms with E-state index in [0.717, 1.165) is 28.1 Å². The monoisotopic (exact) mass is 418 g/mol. The zero-order chi connectivity index (χ0) is 22.0. The van der Waals surface area contributed by atoms with Crippen molar-refractivity contribution in [3.05, 3.63) is 132 Å². The third-order valence-corrected chi connectivity index (χ3v) is 6.38. The molecule has 0 unspecified atom stereocenters. The molecule has 0 atom stereocenters. The van der Waals surface area contributed by atoms with Crippen molar-refractivity contribution in [1.29, 1.82) is 0 Å². The molecule has 1 amide bonds. The predicted octanol–water partition coefficient (Wildman–Crippen LogP) is 5.81. The number of fused-ring (bicyclic) bond motifs is 1. The second kappa shape index (κ2) is 8.35. The van der Waals surface area contributed by atoms with Crippen LogP contribution in [-0.2, 0) is 23.1 Å². The van der Waals surface area contributed by atoms with Crippen LogP contribution in [-0.4, -0.2) is 13.0 Å². The summed E-state index contributed by atoms with van der Waals surface area (Å²) in [6.07, 6.45) is 1.30. The van der Waals surface area contributed by atoms with E-state index < -0.39 is 5.41 Å². The Bertz CT molecular complexity index is 1160. The van der Waals surface area contributed by atoms with Gasteiger partial charge >= 0.3 is 0 Å². The number of nitrogens with zero attached hydrogens (tertiary/aromatic N) is 2. The van der Waals surface area contributed by atoms with Crippen LogP contribution in [0.1, 0.15) is 16.7 Å². The molecule has 0 aliphatic carbocycles. The van der Waals surface area contributed by atoms with Gasteiger partial charge in [0.15, 0.2) is 0 Å². The van der Waals surface area contributed by atoms with Gasteiger partial charge in [-0.05, 0) is 47.7 Å². The lowest BCUT2D eigenvalue weighted by Gasteiger charge is -2.34. The molecule has 0 fully saturated rings. The number of amides is 1. The van der Waals surface area contributed by atoms with E-state index in [0.29, 0.717) is 12.8 Å². The van der Waals surface area contributed by atoms with E-state index in [2.05, 4.69) is 36.4 Å². The maximum atomic E-state index is 14.4. The summed E-state index contributed by atoms with van der Waals surface area (Å²) in [6.45, 7) is 0. The van der Waals surface area contributed by atoms with Crippen molar-refractivity contribution in [2.45, 2.75) is 18.3 Å². The molecule has 3 nitrogen and oxygen atoms in total. The van der Waals surface area contributed by atoms with E-state index in [4.69, 9.17) is 0 Å². The molecule has 32 heavy (non-hydrogen) atoms. The van der Waals surface area contributed by atoms with Gasteiger partial charge in [-0.3, -0.25) is 9.80 Å². The molecule has 1 heterocycles. The first-order valence-corrected chi connectivity index (χ1v) is 11.0. The van der Waals surface area contributed by atoms with E-state index in [1.165, 1.54) is 0 Å². The standard InChI is InChI=1S/C29H26N2O/c1-30(25-17-9-4-10-18-25)31-27-20-12-11-19-26(27)29(28(31)32,21-23-13-5-2-6-14-23)22-24-15-7-3-8-16-24/h2-20H,21-22H2,1H3. The Kier molecular flexibility index (Phi) is 5.24. The Balaban J connectivity index is 1.66. The molecule has 0 saturated heterocycles. The van der Waals surface area contributed by atoms with Crippen LogP contribution in [0, 0.1) is 0 Å². The number of anilines is 2. The van der Waals surface area contributed by atoms with Crippen molar-refractivity contribution in [2.24, 2.45) is 0 Å². The zero-order valence-electron chi connectivity index (χ0n) is 18.2. The Labute approximate surface area is 189 Å². The number of hydrogen-bond acceptors (Lipinski definition) is 2. The second-order valence-corrected chi connectivity index (χ2v) is 8.40. The Morgan fingerprint density at radius 1 is 0.656 bits per heavy atom. The molecule has 0 bridgehead atoms. The first-order chi connectivity index (χ1) is 15.7. The number of hydrogen-bond donors (Lipinski definition) is 0. The maximum absolute atomic E-state index is 14.4. The molecule has 4 aromatic rings. The summed E-state index contributed by atoms with van der Waals surface area (Å²) in [4.78, 5) is 14.4. The lowest BCUT2D eigenvalue weighted by atomic mass is 9.72. The molecular formula is C29H26N2O. The molecule has 0 N–H and O–H groups in total. The zero-order valence-corrected chi connectivity index (χ0v) is 18.2. The summed E-state index contributed by atoms with van der Waals surface area (Å²) in [5.74, 6) is 0.109. The fraction of sp³-hybridized carbons (Fsp3) is 0.138. The van der Waals surface area contributed by atoms with E-state index >= 15 is 0 Å². The summed E-state index contributed by atoms with van der Waals surface area (Å²) in [5, 5.41) is 3.83. The number of rotatable bonds is 6. The van der Waals surface area contributed by atoms with Crippen LogP contribution in [0.5, 0.6) is 0 Å². The van der Waals surface area contributed by atoms with Crippen LogP contribution in [0.15, 0.2) is 115 Å². The van der Waals surface area contributed by atoms with Crippen LogP contribution < -0.4 is 10.0 Å². The number of benzene rings is 4. The average molecular weight is 419 g/mol. The minimum atomic E-state index is -0.678. The molecule has 1 aliphatic heterocycles. The number of carbonyl (C=O) groups is 1. The molecule has 5 rings (SSSR count). The Morgan fingerprint density at radius 3 is 1.69 bits per heavy atom. The Hall–Kier alpha value is -3.85. The van der Waals surface area contributed by atoms with Gasteiger partial charge in [-0.25, -0.2) is 5.01 Å². The van der Waals surface area contributed by atoms with Gasteiger partial charge in [0.25, 0.3) is 5.91 Å².